The number of rotatable bonds is 8. The first-order chi connectivity index (χ1) is 8.72. The molecule has 1 unspecified atom stereocenters. The summed E-state index contributed by atoms with van der Waals surface area (Å²) in [5.74, 6) is 1.70. The molecule has 1 rings (SSSR count). The van der Waals surface area contributed by atoms with Gasteiger partial charge in [0, 0.05) is 6.04 Å². The summed E-state index contributed by atoms with van der Waals surface area (Å²) in [4.78, 5) is 0. The standard InChI is InChI=1S/C15H25NO2/c1-5-9-17-14-8-7-13(12(3)16-4)11-15(14)18-10-6-2/h7-8,11-12,16H,5-6,9-10H2,1-4H3. The van der Waals surface area contributed by atoms with E-state index in [0.29, 0.717) is 6.04 Å². The van der Waals surface area contributed by atoms with Gasteiger partial charge in [0.15, 0.2) is 11.5 Å². The molecule has 0 saturated heterocycles. The Morgan fingerprint density at radius 3 is 2.22 bits per heavy atom. The van der Waals surface area contributed by atoms with Gasteiger partial charge < -0.3 is 14.8 Å². The van der Waals surface area contributed by atoms with Gasteiger partial charge in [-0.05, 0) is 44.5 Å². The van der Waals surface area contributed by atoms with Crippen LogP contribution in [0, 0.1) is 0 Å². The fraction of sp³-hybridized carbons (Fsp3) is 0.600. The van der Waals surface area contributed by atoms with Crippen molar-refractivity contribution in [3.8, 4) is 11.5 Å². The SMILES string of the molecule is CCCOc1ccc(C(C)NC)cc1OCCC. The van der Waals surface area contributed by atoms with Crippen molar-refractivity contribution >= 4 is 0 Å². The van der Waals surface area contributed by atoms with E-state index in [9.17, 15) is 0 Å². The van der Waals surface area contributed by atoms with Crippen LogP contribution in [0.3, 0.4) is 0 Å². The van der Waals surface area contributed by atoms with Gasteiger partial charge in [0.1, 0.15) is 0 Å². The zero-order chi connectivity index (χ0) is 13.4. The van der Waals surface area contributed by atoms with Crippen molar-refractivity contribution in [3.05, 3.63) is 23.8 Å². The van der Waals surface area contributed by atoms with Crippen LogP contribution < -0.4 is 14.8 Å². The van der Waals surface area contributed by atoms with Crippen LogP contribution in [0.1, 0.15) is 45.2 Å². The van der Waals surface area contributed by atoms with Crippen LogP contribution in [-0.2, 0) is 0 Å². The molecule has 0 aliphatic carbocycles. The minimum absolute atomic E-state index is 0.314. The number of nitrogens with one attached hydrogen (secondary N) is 1. The molecular weight excluding hydrogens is 226 g/mol. The smallest absolute Gasteiger partial charge is 0.161 e. The third-order valence-corrected chi connectivity index (χ3v) is 2.82. The molecule has 0 saturated carbocycles. The summed E-state index contributed by atoms with van der Waals surface area (Å²) in [5, 5.41) is 3.23. The van der Waals surface area contributed by atoms with Gasteiger partial charge in [0.25, 0.3) is 0 Å². The van der Waals surface area contributed by atoms with Crippen molar-refractivity contribution in [3.63, 3.8) is 0 Å². The second-order valence-corrected chi connectivity index (χ2v) is 4.41. The first-order valence-corrected chi connectivity index (χ1v) is 6.79. The van der Waals surface area contributed by atoms with E-state index < -0.39 is 0 Å². The molecule has 3 nitrogen and oxygen atoms in total. The first kappa shape index (κ1) is 14.8. The van der Waals surface area contributed by atoms with E-state index in [1.165, 1.54) is 5.56 Å². The molecule has 0 aliphatic heterocycles. The van der Waals surface area contributed by atoms with Crippen LogP contribution >= 0.6 is 0 Å². The van der Waals surface area contributed by atoms with Gasteiger partial charge in [0.05, 0.1) is 13.2 Å². The normalized spacial score (nSPS) is 12.2. The number of ether oxygens (including phenoxy) is 2. The lowest BCUT2D eigenvalue weighted by Crippen LogP contribution is -2.12. The molecule has 0 heterocycles. The molecule has 3 heteroatoms. The van der Waals surface area contributed by atoms with E-state index >= 15 is 0 Å². The van der Waals surface area contributed by atoms with Crippen molar-refractivity contribution in [1.82, 2.24) is 5.32 Å². The highest BCUT2D eigenvalue weighted by Gasteiger charge is 2.09. The molecule has 1 N–H and O–H groups in total. The van der Waals surface area contributed by atoms with E-state index in [1.807, 2.05) is 13.1 Å². The van der Waals surface area contributed by atoms with Gasteiger partial charge in [-0.1, -0.05) is 19.9 Å². The average molecular weight is 251 g/mol. The molecule has 102 valence electrons. The maximum Gasteiger partial charge on any atom is 0.161 e. The Hall–Kier alpha value is -1.22. The van der Waals surface area contributed by atoms with Crippen LogP contribution in [0.15, 0.2) is 18.2 Å². The summed E-state index contributed by atoms with van der Waals surface area (Å²) in [7, 11) is 1.96. The van der Waals surface area contributed by atoms with Crippen molar-refractivity contribution in [2.24, 2.45) is 0 Å². The first-order valence-electron chi connectivity index (χ1n) is 6.79. The highest BCUT2D eigenvalue weighted by Crippen LogP contribution is 2.30. The Labute approximate surface area is 110 Å². The number of hydrogen-bond donors (Lipinski definition) is 1. The molecule has 1 aromatic rings. The molecule has 0 fully saturated rings. The van der Waals surface area contributed by atoms with E-state index in [4.69, 9.17) is 9.47 Å². The summed E-state index contributed by atoms with van der Waals surface area (Å²) in [6, 6.07) is 6.48. The van der Waals surface area contributed by atoms with Gasteiger partial charge in [0.2, 0.25) is 0 Å². The minimum atomic E-state index is 0.314. The highest BCUT2D eigenvalue weighted by molar-refractivity contribution is 5.43. The minimum Gasteiger partial charge on any atom is -0.490 e. The van der Waals surface area contributed by atoms with Crippen molar-refractivity contribution in [2.45, 2.75) is 39.7 Å². The van der Waals surface area contributed by atoms with Gasteiger partial charge in [-0.25, -0.2) is 0 Å². The van der Waals surface area contributed by atoms with Crippen LogP contribution in [0.25, 0.3) is 0 Å². The molecular formula is C15H25NO2. The summed E-state index contributed by atoms with van der Waals surface area (Å²) < 4.78 is 11.5. The van der Waals surface area contributed by atoms with Crippen molar-refractivity contribution in [2.75, 3.05) is 20.3 Å². The zero-order valence-corrected chi connectivity index (χ0v) is 12.0. The van der Waals surface area contributed by atoms with Crippen LogP contribution in [-0.4, -0.2) is 20.3 Å². The lowest BCUT2D eigenvalue weighted by atomic mass is 10.1. The lowest BCUT2D eigenvalue weighted by Gasteiger charge is -2.16. The van der Waals surface area contributed by atoms with Gasteiger partial charge in [-0.2, -0.15) is 0 Å². The Bertz CT molecular complexity index is 352. The van der Waals surface area contributed by atoms with Crippen LogP contribution in [0.4, 0.5) is 0 Å². The van der Waals surface area contributed by atoms with Crippen LogP contribution in [0.2, 0.25) is 0 Å². The highest BCUT2D eigenvalue weighted by atomic mass is 16.5. The van der Waals surface area contributed by atoms with Crippen molar-refractivity contribution in [1.29, 1.82) is 0 Å². The molecule has 0 spiro atoms. The molecule has 1 aromatic carbocycles. The fourth-order valence-corrected chi connectivity index (χ4v) is 1.62. The van der Waals surface area contributed by atoms with E-state index in [2.05, 4.69) is 38.2 Å². The topological polar surface area (TPSA) is 30.5 Å². The third-order valence-electron chi connectivity index (χ3n) is 2.82. The van der Waals surface area contributed by atoms with Crippen LogP contribution in [0.5, 0.6) is 11.5 Å². The Morgan fingerprint density at radius 2 is 1.67 bits per heavy atom. The maximum atomic E-state index is 5.77. The monoisotopic (exact) mass is 251 g/mol. The summed E-state index contributed by atoms with van der Waals surface area (Å²) in [6.07, 6.45) is 2.00. The van der Waals surface area contributed by atoms with E-state index in [1.54, 1.807) is 0 Å². The molecule has 0 amide bonds. The summed E-state index contributed by atoms with van der Waals surface area (Å²) in [6.45, 7) is 7.78. The predicted octanol–water partition coefficient (Wildman–Crippen LogP) is 3.54. The Morgan fingerprint density at radius 1 is 1.06 bits per heavy atom. The molecule has 1 atom stereocenters. The lowest BCUT2D eigenvalue weighted by molar-refractivity contribution is 0.268. The second-order valence-electron chi connectivity index (χ2n) is 4.41. The zero-order valence-electron chi connectivity index (χ0n) is 12.0. The fourth-order valence-electron chi connectivity index (χ4n) is 1.62. The predicted molar refractivity (Wildman–Crippen MR) is 75.5 cm³/mol. The molecule has 0 radical (unpaired) electrons. The molecule has 18 heavy (non-hydrogen) atoms. The quantitative estimate of drug-likeness (QED) is 0.766. The Balaban J connectivity index is 2.88. The number of benzene rings is 1. The largest absolute Gasteiger partial charge is 0.490 e. The summed E-state index contributed by atoms with van der Waals surface area (Å²) in [5.41, 5.74) is 1.22. The average Bonchev–Trinajstić information content (AvgIpc) is 2.42. The van der Waals surface area contributed by atoms with E-state index in [-0.39, 0.29) is 0 Å². The third kappa shape index (κ3) is 4.22. The van der Waals surface area contributed by atoms with Gasteiger partial charge in [-0.3, -0.25) is 0 Å². The maximum absolute atomic E-state index is 5.77. The summed E-state index contributed by atoms with van der Waals surface area (Å²) >= 11 is 0. The molecule has 0 aliphatic rings. The van der Waals surface area contributed by atoms with Gasteiger partial charge >= 0.3 is 0 Å². The van der Waals surface area contributed by atoms with Gasteiger partial charge in [-0.15, -0.1) is 0 Å². The molecule has 0 aromatic heterocycles. The van der Waals surface area contributed by atoms with Crippen molar-refractivity contribution < 1.29 is 9.47 Å². The Kier molecular flexibility index (Phi) is 6.58. The number of hydrogen-bond acceptors (Lipinski definition) is 3. The second kappa shape index (κ2) is 7.98. The molecule has 0 bridgehead atoms. The van der Waals surface area contributed by atoms with E-state index in [0.717, 1.165) is 37.6 Å².